The monoisotopic (exact) mass is 241 g/mol. The molecule has 0 heterocycles. The lowest BCUT2D eigenvalue weighted by Gasteiger charge is -2.06. The lowest BCUT2D eigenvalue weighted by atomic mass is 10.2. The van der Waals surface area contributed by atoms with Gasteiger partial charge in [0.25, 0.3) is 0 Å². The van der Waals surface area contributed by atoms with E-state index in [9.17, 15) is 0 Å². The summed E-state index contributed by atoms with van der Waals surface area (Å²) in [6, 6.07) is 17.5. The van der Waals surface area contributed by atoms with Crippen LogP contribution < -0.4 is 4.74 Å². The zero-order valence-corrected chi connectivity index (χ0v) is 9.98. The minimum atomic E-state index is 0.547. The summed E-state index contributed by atoms with van der Waals surface area (Å²) in [7, 11) is 0. The lowest BCUT2D eigenvalue weighted by molar-refractivity contribution is 0.306. The highest BCUT2D eigenvalue weighted by Crippen LogP contribution is 2.20. The van der Waals surface area contributed by atoms with E-state index in [-0.39, 0.29) is 0 Å². The van der Waals surface area contributed by atoms with Gasteiger partial charge >= 0.3 is 0 Å². The van der Waals surface area contributed by atoms with Crippen LogP contribution in [0.3, 0.4) is 0 Å². The summed E-state index contributed by atoms with van der Waals surface area (Å²) in [5.74, 6) is 0.778. The first-order valence-corrected chi connectivity index (χ1v) is 5.64. The first kappa shape index (κ1) is 11.5. The zero-order valence-electron chi connectivity index (χ0n) is 9.17. The smallest absolute Gasteiger partial charge is 0.121 e. The highest BCUT2D eigenvalue weighted by atomic mass is 32.1. The predicted molar refractivity (Wildman–Crippen MR) is 71.9 cm³/mol. The molecule has 0 saturated heterocycles. The van der Waals surface area contributed by atoms with E-state index in [4.69, 9.17) is 4.74 Å². The Hall–Kier alpha value is -1.96. The van der Waals surface area contributed by atoms with E-state index in [2.05, 4.69) is 22.4 Å². The molecule has 0 aliphatic carbocycles. The second kappa shape index (κ2) is 5.94. The summed E-state index contributed by atoms with van der Waals surface area (Å²) in [4.78, 5) is 3.91. The Labute approximate surface area is 106 Å². The van der Waals surface area contributed by atoms with Gasteiger partial charge in [-0.3, -0.25) is 0 Å². The van der Waals surface area contributed by atoms with Crippen molar-refractivity contribution in [3.05, 3.63) is 60.2 Å². The van der Waals surface area contributed by atoms with Gasteiger partial charge in [0.2, 0.25) is 0 Å². The van der Waals surface area contributed by atoms with Crippen molar-refractivity contribution in [1.29, 1.82) is 0 Å². The molecule has 0 saturated carbocycles. The van der Waals surface area contributed by atoms with E-state index in [1.807, 2.05) is 54.6 Å². The molecule has 84 valence electrons. The quantitative estimate of drug-likeness (QED) is 0.596. The molecule has 0 aliphatic heterocycles. The van der Waals surface area contributed by atoms with Gasteiger partial charge in [-0.25, -0.2) is 0 Å². The van der Waals surface area contributed by atoms with Crippen LogP contribution in [0.2, 0.25) is 0 Å². The molecule has 2 nitrogen and oxygen atoms in total. The van der Waals surface area contributed by atoms with E-state index >= 15 is 0 Å². The van der Waals surface area contributed by atoms with Crippen molar-refractivity contribution in [3.8, 4) is 5.75 Å². The molecule has 2 aromatic carbocycles. The standard InChI is InChI=1S/C14H11NOS/c17-11-15-13-7-4-8-14(9-13)16-10-12-5-2-1-3-6-12/h1-9H,10H2. The van der Waals surface area contributed by atoms with Gasteiger partial charge in [-0.1, -0.05) is 36.4 Å². The lowest BCUT2D eigenvalue weighted by Crippen LogP contribution is -1.94. The van der Waals surface area contributed by atoms with Crippen molar-refractivity contribution in [3.63, 3.8) is 0 Å². The minimum Gasteiger partial charge on any atom is -0.489 e. The normalized spacial score (nSPS) is 9.41. The fourth-order valence-corrected chi connectivity index (χ4v) is 1.54. The van der Waals surface area contributed by atoms with Crippen LogP contribution in [0.4, 0.5) is 5.69 Å². The molecule has 3 heteroatoms. The predicted octanol–water partition coefficient (Wildman–Crippen LogP) is 4.00. The summed E-state index contributed by atoms with van der Waals surface area (Å²) in [6.07, 6.45) is 0. The van der Waals surface area contributed by atoms with Crippen LogP contribution in [-0.2, 0) is 6.61 Å². The highest BCUT2D eigenvalue weighted by Gasteiger charge is 1.96. The number of hydrogen-bond acceptors (Lipinski definition) is 3. The van der Waals surface area contributed by atoms with Crippen LogP contribution in [0.15, 0.2) is 59.6 Å². The largest absolute Gasteiger partial charge is 0.489 e. The van der Waals surface area contributed by atoms with Crippen molar-refractivity contribution >= 4 is 23.1 Å². The second-order valence-corrected chi connectivity index (χ2v) is 3.66. The first-order chi connectivity index (χ1) is 8.38. The van der Waals surface area contributed by atoms with Crippen LogP contribution >= 0.6 is 12.2 Å². The molecule has 0 amide bonds. The average molecular weight is 241 g/mol. The first-order valence-electron chi connectivity index (χ1n) is 5.23. The maximum absolute atomic E-state index is 5.66. The molecule has 2 rings (SSSR count). The van der Waals surface area contributed by atoms with Crippen molar-refractivity contribution in [2.75, 3.05) is 0 Å². The molecule has 0 aromatic heterocycles. The summed E-state index contributed by atoms with van der Waals surface area (Å²) < 4.78 is 5.66. The molecule has 0 spiro atoms. The number of rotatable bonds is 4. The van der Waals surface area contributed by atoms with Gasteiger partial charge < -0.3 is 4.74 Å². The Morgan fingerprint density at radius 3 is 2.65 bits per heavy atom. The van der Waals surface area contributed by atoms with Gasteiger partial charge in [-0.2, -0.15) is 4.99 Å². The summed E-state index contributed by atoms with van der Waals surface area (Å²) in [6.45, 7) is 0.547. The number of ether oxygens (including phenoxy) is 1. The third kappa shape index (κ3) is 3.52. The van der Waals surface area contributed by atoms with E-state index in [1.165, 1.54) is 0 Å². The second-order valence-electron chi connectivity index (χ2n) is 3.47. The molecule has 0 aliphatic rings. The Bertz CT molecular complexity index is 533. The molecule has 0 radical (unpaired) electrons. The number of hydrogen-bond donors (Lipinski definition) is 0. The zero-order chi connectivity index (χ0) is 11.9. The van der Waals surface area contributed by atoms with Gasteiger partial charge in [-0.15, -0.1) is 0 Å². The number of benzene rings is 2. The third-order valence-corrected chi connectivity index (χ3v) is 2.33. The van der Waals surface area contributed by atoms with E-state index in [0.29, 0.717) is 6.61 Å². The van der Waals surface area contributed by atoms with Gasteiger partial charge in [0, 0.05) is 6.07 Å². The number of aliphatic imine (C=N–C) groups is 1. The Kier molecular flexibility index (Phi) is 4.03. The molecular weight excluding hydrogens is 230 g/mol. The summed E-state index contributed by atoms with van der Waals surface area (Å²) >= 11 is 4.56. The number of isothiocyanates is 1. The Morgan fingerprint density at radius 1 is 1.06 bits per heavy atom. The van der Waals surface area contributed by atoms with E-state index < -0.39 is 0 Å². The van der Waals surface area contributed by atoms with Crippen molar-refractivity contribution in [1.82, 2.24) is 0 Å². The number of thiocarbonyl (C=S) groups is 1. The summed E-state index contributed by atoms with van der Waals surface area (Å²) in [5, 5.41) is 2.34. The SMILES string of the molecule is S=C=Nc1cccc(OCc2ccccc2)c1. The van der Waals surface area contributed by atoms with E-state index in [0.717, 1.165) is 17.0 Å². The van der Waals surface area contributed by atoms with Crippen molar-refractivity contribution < 1.29 is 4.74 Å². The van der Waals surface area contributed by atoms with Crippen LogP contribution in [0, 0.1) is 0 Å². The molecule has 0 fully saturated rings. The Balaban J connectivity index is 2.04. The molecule has 0 unspecified atom stereocenters. The van der Waals surface area contributed by atoms with Gasteiger partial charge in [0.1, 0.15) is 12.4 Å². The highest BCUT2D eigenvalue weighted by molar-refractivity contribution is 7.78. The fraction of sp³-hybridized carbons (Fsp3) is 0.0714. The average Bonchev–Trinajstić information content (AvgIpc) is 2.39. The maximum atomic E-state index is 5.66. The summed E-state index contributed by atoms with van der Waals surface area (Å²) in [5.41, 5.74) is 1.89. The molecule has 0 N–H and O–H groups in total. The van der Waals surface area contributed by atoms with Crippen molar-refractivity contribution in [2.45, 2.75) is 6.61 Å². The van der Waals surface area contributed by atoms with Crippen LogP contribution in [0.5, 0.6) is 5.75 Å². The maximum Gasteiger partial charge on any atom is 0.121 e. The van der Waals surface area contributed by atoms with Crippen LogP contribution in [0.1, 0.15) is 5.56 Å². The topological polar surface area (TPSA) is 21.6 Å². The molecule has 0 bridgehead atoms. The van der Waals surface area contributed by atoms with E-state index in [1.54, 1.807) is 0 Å². The Morgan fingerprint density at radius 2 is 1.88 bits per heavy atom. The number of nitrogens with zero attached hydrogens (tertiary/aromatic N) is 1. The van der Waals surface area contributed by atoms with Gasteiger partial charge in [0.05, 0.1) is 10.8 Å². The molecule has 2 aromatic rings. The van der Waals surface area contributed by atoms with Crippen LogP contribution in [-0.4, -0.2) is 5.16 Å². The van der Waals surface area contributed by atoms with Crippen LogP contribution in [0.25, 0.3) is 0 Å². The van der Waals surface area contributed by atoms with Crippen molar-refractivity contribution in [2.24, 2.45) is 4.99 Å². The molecular formula is C14H11NOS. The molecule has 0 atom stereocenters. The fourth-order valence-electron chi connectivity index (χ4n) is 1.44. The molecule has 17 heavy (non-hydrogen) atoms. The van der Waals surface area contributed by atoms with Gasteiger partial charge in [-0.05, 0) is 29.9 Å². The van der Waals surface area contributed by atoms with Gasteiger partial charge in [0.15, 0.2) is 0 Å². The third-order valence-electron chi connectivity index (χ3n) is 2.24. The minimum absolute atomic E-state index is 0.547.